The molecule has 0 heterocycles. The van der Waals surface area contributed by atoms with E-state index in [1.165, 1.54) is 122 Å². The van der Waals surface area contributed by atoms with E-state index in [4.69, 9.17) is 37.0 Å². The van der Waals surface area contributed by atoms with Gasteiger partial charge in [-0.05, 0) is 37.5 Å². The molecule has 0 saturated heterocycles. The summed E-state index contributed by atoms with van der Waals surface area (Å²) in [7, 11) is -9.88. The molecule has 83 heavy (non-hydrogen) atoms. The van der Waals surface area contributed by atoms with Gasteiger partial charge in [-0.25, -0.2) is 9.13 Å². The van der Waals surface area contributed by atoms with E-state index in [-0.39, 0.29) is 25.7 Å². The Hall–Kier alpha value is -1.94. The van der Waals surface area contributed by atoms with Crippen LogP contribution in [-0.4, -0.2) is 96.7 Å². The van der Waals surface area contributed by atoms with Gasteiger partial charge in [0, 0.05) is 25.7 Å². The van der Waals surface area contributed by atoms with E-state index in [2.05, 4.69) is 41.5 Å². The molecule has 0 aromatic carbocycles. The highest BCUT2D eigenvalue weighted by atomic mass is 31.2. The fraction of sp³-hybridized carbons (Fsp3) is 0.938. The minimum atomic E-state index is -4.94. The topological polar surface area (TPSA) is 237 Å². The Labute approximate surface area is 505 Å². The normalized spacial score (nSPS) is 14.3. The van der Waals surface area contributed by atoms with Crippen LogP contribution in [-0.2, 0) is 65.4 Å². The van der Waals surface area contributed by atoms with Crippen molar-refractivity contribution in [1.82, 2.24) is 0 Å². The molecule has 0 aliphatic heterocycles. The maximum Gasteiger partial charge on any atom is 0.472 e. The number of esters is 4. The first kappa shape index (κ1) is 81.1. The zero-order chi connectivity index (χ0) is 61.5. The zero-order valence-corrected chi connectivity index (χ0v) is 55.3. The van der Waals surface area contributed by atoms with Crippen molar-refractivity contribution in [2.75, 3.05) is 39.6 Å². The van der Waals surface area contributed by atoms with Gasteiger partial charge in [-0.2, -0.15) is 0 Å². The van der Waals surface area contributed by atoms with E-state index in [0.717, 1.165) is 109 Å². The minimum Gasteiger partial charge on any atom is -0.462 e. The summed E-state index contributed by atoms with van der Waals surface area (Å²) >= 11 is 0. The average Bonchev–Trinajstić information content (AvgIpc) is 3.45. The van der Waals surface area contributed by atoms with Crippen LogP contribution in [0.3, 0.4) is 0 Å². The molecule has 0 fully saturated rings. The highest BCUT2D eigenvalue weighted by Gasteiger charge is 2.30. The molecule has 0 aliphatic rings. The first-order valence-corrected chi connectivity index (χ1v) is 36.5. The highest BCUT2D eigenvalue weighted by molar-refractivity contribution is 7.47. The molecule has 0 aliphatic carbocycles. The van der Waals surface area contributed by atoms with Crippen LogP contribution in [0.1, 0.15) is 318 Å². The Kier molecular flexibility index (Phi) is 55.2. The number of rotatable bonds is 63. The molecule has 0 saturated carbocycles. The smallest absolute Gasteiger partial charge is 0.462 e. The van der Waals surface area contributed by atoms with Gasteiger partial charge in [-0.3, -0.25) is 37.3 Å². The molecule has 0 radical (unpaired) electrons. The van der Waals surface area contributed by atoms with Gasteiger partial charge >= 0.3 is 39.5 Å². The Morgan fingerprint density at radius 3 is 0.819 bits per heavy atom. The lowest BCUT2D eigenvalue weighted by Crippen LogP contribution is -2.30. The molecule has 0 bridgehead atoms. The van der Waals surface area contributed by atoms with Crippen LogP contribution in [0.15, 0.2) is 0 Å². The van der Waals surface area contributed by atoms with Gasteiger partial charge in [-0.15, -0.1) is 0 Å². The number of aliphatic hydroxyl groups excluding tert-OH is 1. The third-order valence-corrected chi connectivity index (χ3v) is 16.6. The average molecular weight is 1230 g/mol. The number of phosphoric acid groups is 2. The van der Waals surface area contributed by atoms with Crippen LogP contribution < -0.4 is 0 Å². The quantitative estimate of drug-likeness (QED) is 0.0222. The number of phosphoric ester groups is 2. The molecule has 3 N–H and O–H groups in total. The first-order valence-electron chi connectivity index (χ1n) is 33.5. The van der Waals surface area contributed by atoms with E-state index in [9.17, 15) is 43.2 Å². The Morgan fingerprint density at radius 2 is 0.554 bits per heavy atom. The summed E-state index contributed by atoms with van der Waals surface area (Å²) in [6.07, 6.45) is 39.1. The number of ether oxygens (including phenoxy) is 4. The zero-order valence-electron chi connectivity index (χ0n) is 53.5. The molecule has 17 nitrogen and oxygen atoms in total. The van der Waals surface area contributed by atoms with Crippen LogP contribution in [0.25, 0.3) is 0 Å². The van der Waals surface area contributed by atoms with Gasteiger partial charge in [0.15, 0.2) is 12.2 Å². The summed E-state index contributed by atoms with van der Waals surface area (Å²) in [5.74, 6) is -0.691. The van der Waals surface area contributed by atoms with E-state index >= 15 is 0 Å². The van der Waals surface area contributed by atoms with Crippen molar-refractivity contribution in [2.45, 2.75) is 336 Å². The molecule has 492 valence electrons. The third kappa shape index (κ3) is 58.8. The van der Waals surface area contributed by atoms with Gasteiger partial charge < -0.3 is 33.8 Å². The number of hydrogen-bond donors (Lipinski definition) is 3. The summed E-state index contributed by atoms with van der Waals surface area (Å²) in [5, 5.41) is 10.5. The van der Waals surface area contributed by atoms with Crippen molar-refractivity contribution in [3.63, 3.8) is 0 Å². The number of aliphatic hydroxyl groups is 1. The lowest BCUT2D eigenvalue weighted by molar-refractivity contribution is -0.161. The van der Waals surface area contributed by atoms with Crippen LogP contribution in [0.5, 0.6) is 0 Å². The fourth-order valence-corrected chi connectivity index (χ4v) is 11.1. The van der Waals surface area contributed by atoms with Gasteiger partial charge in [0.05, 0.1) is 26.4 Å². The fourth-order valence-electron chi connectivity index (χ4n) is 9.53. The third-order valence-electron chi connectivity index (χ3n) is 14.7. The van der Waals surface area contributed by atoms with Gasteiger partial charge in [0.25, 0.3) is 0 Å². The second-order valence-corrected chi connectivity index (χ2v) is 27.0. The Balaban J connectivity index is 5.22. The molecular weight excluding hydrogens is 1100 g/mol. The first-order chi connectivity index (χ1) is 39.9. The molecular formula is C64H124O17P2. The summed E-state index contributed by atoms with van der Waals surface area (Å²) in [6, 6.07) is 0. The predicted molar refractivity (Wildman–Crippen MR) is 331 cm³/mol. The number of hydrogen-bond acceptors (Lipinski definition) is 15. The number of carbonyl (C=O) groups excluding carboxylic acids is 4. The van der Waals surface area contributed by atoms with Crippen LogP contribution in [0, 0.1) is 11.8 Å². The molecule has 0 amide bonds. The van der Waals surface area contributed by atoms with Crippen molar-refractivity contribution < 1.29 is 80.2 Å². The Bertz CT molecular complexity index is 1630. The predicted octanol–water partition coefficient (Wildman–Crippen LogP) is 17.7. The second-order valence-electron chi connectivity index (χ2n) is 24.1. The molecule has 0 aromatic heterocycles. The molecule has 0 aromatic rings. The van der Waals surface area contributed by atoms with Crippen LogP contribution in [0.4, 0.5) is 0 Å². The summed E-state index contributed by atoms with van der Waals surface area (Å²) in [6.45, 7) is 9.38. The van der Waals surface area contributed by atoms with E-state index in [0.29, 0.717) is 31.6 Å². The minimum absolute atomic E-state index is 0.103. The van der Waals surface area contributed by atoms with Crippen molar-refractivity contribution >= 4 is 39.5 Å². The van der Waals surface area contributed by atoms with Crippen LogP contribution >= 0.6 is 15.6 Å². The molecule has 19 heteroatoms. The van der Waals surface area contributed by atoms with E-state index in [1.54, 1.807) is 0 Å². The summed E-state index contributed by atoms with van der Waals surface area (Å²) in [5.41, 5.74) is 0. The number of carbonyl (C=O) groups is 4. The molecule has 0 rings (SSSR count). The maximum atomic E-state index is 13.0. The number of unbranched alkanes of at least 4 members (excludes halogenated alkanes) is 33. The summed E-state index contributed by atoms with van der Waals surface area (Å²) in [4.78, 5) is 72.1. The van der Waals surface area contributed by atoms with E-state index < -0.39 is 97.5 Å². The van der Waals surface area contributed by atoms with E-state index in [1.807, 2.05) is 0 Å². The lowest BCUT2D eigenvalue weighted by Gasteiger charge is -2.21. The largest absolute Gasteiger partial charge is 0.472 e. The standard InChI is InChI=1S/C64H124O17P2/c1-7-9-11-13-15-16-17-18-19-23-29-35-41-47-62(67)75-53-60(80-63(68)48-42-36-30-24-21-20-22-27-32-38-44-56(3)4)55-79-83(72,73)77-51-58(65)50-76-82(70,71)78-54-59(52-74-61(66)46-40-34-26-14-12-10-8-2)81-64(69)49-43-37-31-25-28-33-39-45-57(5)6/h56-60,65H,7-55H2,1-6H3,(H,70,71)(H,72,73)/t58-,59+,60+/m0/s1. The van der Waals surface area contributed by atoms with Crippen LogP contribution in [0.2, 0.25) is 0 Å². The van der Waals surface area contributed by atoms with Crippen molar-refractivity contribution in [3.05, 3.63) is 0 Å². The highest BCUT2D eigenvalue weighted by Crippen LogP contribution is 2.45. The summed E-state index contributed by atoms with van der Waals surface area (Å²) < 4.78 is 67.9. The van der Waals surface area contributed by atoms with Gasteiger partial charge in [0.2, 0.25) is 0 Å². The van der Waals surface area contributed by atoms with Gasteiger partial charge in [-0.1, -0.05) is 266 Å². The lowest BCUT2D eigenvalue weighted by atomic mass is 10.0. The SMILES string of the molecule is CCCCCCCCCCCCCCCC(=O)OC[C@H](COP(=O)(O)OC[C@@H](O)COP(=O)(O)OC[C@@H](COC(=O)CCCCCCCCC)OC(=O)CCCCCCCCCC(C)C)OC(=O)CCCCCCCCCCCCC(C)C. The van der Waals surface area contributed by atoms with Crippen molar-refractivity contribution in [2.24, 2.45) is 11.8 Å². The maximum absolute atomic E-state index is 13.0. The molecule has 0 spiro atoms. The Morgan fingerprint density at radius 1 is 0.325 bits per heavy atom. The molecule has 2 unspecified atom stereocenters. The van der Waals surface area contributed by atoms with Gasteiger partial charge in [0.1, 0.15) is 19.3 Å². The van der Waals surface area contributed by atoms with Crippen molar-refractivity contribution in [3.8, 4) is 0 Å². The van der Waals surface area contributed by atoms with Crippen molar-refractivity contribution in [1.29, 1.82) is 0 Å². The molecule has 5 atom stereocenters. The second kappa shape index (κ2) is 56.6. The monoisotopic (exact) mass is 1230 g/mol.